The standard InChI is InChI=1S/C27H24ClF3N2O5S/c28-20-6-1-14(26(35)33-18-5-7-21(30)22(31)12-18)9-24(20)39(37,38)19-10-15-2-3-16(11-19)27(15,36)25(34)23-8-4-17(29)13-32-23/h1,4-9,12-13,15-16,19,25,34,36H,2-3,10-11H2,(H,33,35)/t15-,16+,19?,25-,27?/m1/s1. The van der Waals surface area contributed by atoms with Crippen molar-refractivity contribution in [3.05, 3.63) is 88.5 Å². The van der Waals surface area contributed by atoms with E-state index in [1.54, 1.807) is 0 Å². The average Bonchev–Trinajstić information content (AvgIpc) is 3.06. The normalized spacial score (nSPS) is 25.3. The first kappa shape index (κ1) is 27.6. The molecular formula is C27H24ClF3N2O5S. The number of fused-ring (bicyclic) bond motifs is 2. The number of aliphatic hydroxyl groups is 2. The number of hydrogen-bond donors (Lipinski definition) is 3. The number of nitrogens with one attached hydrogen (secondary N) is 1. The van der Waals surface area contributed by atoms with Crippen LogP contribution < -0.4 is 5.32 Å². The fourth-order valence-corrected chi connectivity index (χ4v) is 8.25. The quantitative estimate of drug-likeness (QED) is 0.384. The Morgan fingerprint density at radius 3 is 2.33 bits per heavy atom. The molecule has 2 aromatic carbocycles. The maximum absolute atomic E-state index is 13.7. The Bertz CT molecular complexity index is 1520. The first-order valence-electron chi connectivity index (χ1n) is 12.2. The highest BCUT2D eigenvalue weighted by Crippen LogP contribution is 2.56. The molecule has 206 valence electrons. The lowest BCUT2D eigenvalue weighted by Gasteiger charge is -2.45. The molecule has 5 rings (SSSR count). The zero-order valence-corrected chi connectivity index (χ0v) is 21.9. The number of aromatic nitrogens is 1. The van der Waals surface area contributed by atoms with E-state index in [1.807, 2.05) is 0 Å². The number of amides is 1. The summed E-state index contributed by atoms with van der Waals surface area (Å²) in [5.41, 5.74) is -1.61. The van der Waals surface area contributed by atoms with Crippen molar-refractivity contribution in [3.63, 3.8) is 0 Å². The second-order valence-corrected chi connectivity index (χ2v) is 12.6. The molecule has 3 aromatic rings. The molecule has 0 aliphatic heterocycles. The first-order valence-corrected chi connectivity index (χ1v) is 14.2. The van der Waals surface area contributed by atoms with Gasteiger partial charge in [-0.25, -0.2) is 21.6 Å². The third kappa shape index (κ3) is 4.93. The zero-order valence-electron chi connectivity index (χ0n) is 20.3. The number of pyridine rings is 1. The summed E-state index contributed by atoms with van der Waals surface area (Å²) in [6.07, 6.45) is 0.555. The molecule has 1 aromatic heterocycles. The molecule has 2 fully saturated rings. The smallest absolute Gasteiger partial charge is 0.255 e. The molecule has 12 heteroatoms. The third-order valence-corrected chi connectivity index (χ3v) is 10.5. The van der Waals surface area contributed by atoms with Gasteiger partial charge in [-0.1, -0.05) is 11.6 Å². The van der Waals surface area contributed by atoms with Crippen molar-refractivity contribution < 1.29 is 36.6 Å². The third-order valence-electron chi connectivity index (χ3n) is 7.85. The maximum Gasteiger partial charge on any atom is 0.255 e. The highest BCUT2D eigenvalue weighted by molar-refractivity contribution is 7.92. The lowest BCUT2D eigenvalue weighted by molar-refractivity contribution is -0.145. The Labute approximate surface area is 227 Å². The second-order valence-electron chi connectivity index (χ2n) is 10.0. The fourth-order valence-electron chi connectivity index (χ4n) is 5.85. The van der Waals surface area contributed by atoms with E-state index in [0.717, 1.165) is 30.5 Å². The molecule has 0 radical (unpaired) electrons. The van der Waals surface area contributed by atoms with Gasteiger partial charge in [0.25, 0.3) is 5.91 Å². The van der Waals surface area contributed by atoms with Crippen LogP contribution >= 0.6 is 11.6 Å². The SMILES string of the molecule is O=C(Nc1ccc(F)c(F)c1)c1ccc(Cl)c(S(=O)(=O)C2C[C@H]3CC[C@@H](C2)C3(O)[C@H](O)c2ccc(F)cn2)c1. The predicted octanol–water partition coefficient (Wildman–Crippen LogP) is 4.83. The topological polar surface area (TPSA) is 117 Å². The van der Waals surface area contributed by atoms with Crippen LogP contribution in [0.4, 0.5) is 18.9 Å². The number of carbonyl (C=O) groups is 1. The molecule has 2 bridgehead atoms. The lowest BCUT2D eigenvalue weighted by Crippen LogP contribution is -2.52. The molecule has 0 spiro atoms. The van der Waals surface area contributed by atoms with E-state index in [1.165, 1.54) is 24.3 Å². The molecule has 7 nitrogen and oxygen atoms in total. The summed E-state index contributed by atoms with van der Waals surface area (Å²) in [5, 5.41) is 23.9. The number of hydrogen-bond acceptors (Lipinski definition) is 6. The van der Waals surface area contributed by atoms with Gasteiger partial charge in [0.05, 0.1) is 27.1 Å². The summed E-state index contributed by atoms with van der Waals surface area (Å²) in [4.78, 5) is 16.4. The van der Waals surface area contributed by atoms with E-state index in [4.69, 9.17) is 11.6 Å². The molecule has 3 N–H and O–H groups in total. The van der Waals surface area contributed by atoms with Gasteiger partial charge < -0.3 is 15.5 Å². The largest absolute Gasteiger partial charge is 0.386 e. The van der Waals surface area contributed by atoms with Crippen LogP contribution in [0.5, 0.6) is 0 Å². The van der Waals surface area contributed by atoms with Gasteiger partial charge in [0.2, 0.25) is 0 Å². The van der Waals surface area contributed by atoms with Crippen molar-refractivity contribution in [2.45, 2.75) is 47.5 Å². The predicted molar refractivity (Wildman–Crippen MR) is 136 cm³/mol. The number of carbonyl (C=O) groups excluding carboxylic acids is 1. The van der Waals surface area contributed by atoms with Gasteiger partial charge >= 0.3 is 0 Å². The molecule has 2 unspecified atom stereocenters. The molecule has 1 amide bonds. The van der Waals surface area contributed by atoms with E-state index in [-0.39, 0.29) is 39.7 Å². The Kier molecular flexibility index (Phi) is 7.21. The van der Waals surface area contributed by atoms with E-state index in [0.29, 0.717) is 12.8 Å². The van der Waals surface area contributed by atoms with Crippen LogP contribution in [0.15, 0.2) is 59.6 Å². The first-order chi connectivity index (χ1) is 18.4. The zero-order chi connectivity index (χ0) is 28.1. The van der Waals surface area contributed by atoms with Crippen molar-refractivity contribution in [1.29, 1.82) is 0 Å². The van der Waals surface area contributed by atoms with Crippen LogP contribution in [-0.2, 0) is 9.84 Å². The van der Waals surface area contributed by atoms with Crippen molar-refractivity contribution in [2.75, 3.05) is 5.32 Å². The average molecular weight is 581 g/mol. The Morgan fingerprint density at radius 2 is 1.72 bits per heavy atom. The molecule has 2 aliphatic rings. The number of aliphatic hydroxyl groups excluding tert-OH is 1. The van der Waals surface area contributed by atoms with E-state index < -0.39 is 62.0 Å². The summed E-state index contributed by atoms with van der Waals surface area (Å²) < 4.78 is 67.5. The van der Waals surface area contributed by atoms with Gasteiger partial charge in [-0.05, 0) is 80.0 Å². The molecular weight excluding hydrogens is 557 g/mol. The van der Waals surface area contributed by atoms with Crippen molar-refractivity contribution in [1.82, 2.24) is 4.98 Å². The Morgan fingerprint density at radius 1 is 1.03 bits per heavy atom. The number of sulfone groups is 1. The van der Waals surface area contributed by atoms with Gasteiger partial charge in [0.1, 0.15) is 17.5 Å². The summed E-state index contributed by atoms with van der Waals surface area (Å²) in [5.74, 6) is -4.72. The van der Waals surface area contributed by atoms with E-state index >= 15 is 0 Å². The van der Waals surface area contributed by atoms with Crippen LogP contribution in [0.25, 0.3) is 0 Å². The van der Waals surface area contributed by atoms with E-state index in [9.17, 15) is 36.6 Å². The molecule has 5 atom stereocenters. The minimum atomic E-state index is -4.09. The summed E-state index contributed by atoms with van der Waals surface area (Å²) >= 11 is 6.26. The monoisotopic (exact) mass is 580 g/mol. The maximum atomic E-state index is 13.7. The minimum absolute atomic E-state index is 0.0180. The Hall–Kier alpha value is -2.99. The van der Waals surface area contributed by atoms with Crippen molar-refractivity contribution in [2.24, 2.45) is 11.8 Å². The van der Waals surface area contributed by atoms with Gasteiger partial charge in [-0.2, -0.15) is 0 Å². The summed E-state index contributed by atoms with van der Waals surface area (Å²) in [7, 11) is -4.09. The van der Waals surface area contributed by atoms with E-state index in [2.05, 4.69) is 10.3 Å². The van der Waals surface area contributed by atoms with Gasteiger partial charge in [-0.15, -0.1) is 0 Å². The van der Waals surface area contributed by atoms with Gasteiger partial charge in [0.15, 0.2) is 21.5 Å². The van der Waals surface area contributed by atoms with Crippen LogP contribution in [0, 0.1) is 29.3 Å². The molecule has 0 saturated heterocycles. The number of halogens is 4. The Balaban J connectivity index is 1.38. The molecule has 2 aliphatic carbocycles. The fraction of sp³-hybridized carbons (Fsp3) is 0.333. The van der Waals surface area contributed by atoms with Gasteiger partial charge in [-0.3, -0.25) is 9.78 Å². The summed E-state index contributed by atoms with van der Waals surface area (Å²) in [6, 6.07) is 8.95. The van der Waals surface area contributed by atoms with Crippen LogP contribution in [0.2, 0.25) is 5.02 Å². The highest BCUT2D eigenvalue weighted by Gasteiger charge is 2.59. The van der Waals surface area contributed by atoms with Crippen LogP contribution in [0.1, 0.15) is 47.8 Å². The molecule has 39 heavy (non-hydrogen) atoms. The van der Waals surface area contributed by atoms with Crippen LogP contribution in [-0.4, -0.2) is 40.4 Å². The van der Waals surface area contributed by atoms with Crippen molar-refractivity contribution in [3.8, 4) is 0 Å². The lowest BCUT2D eigenvalue weighted by atomic mass is 9.70. The minimum Gasteiger partial charge on any atom is -0.386 e. The number of benzene rings is 2. The summed E-state index contributed by atoms with van der Waals surface area (Å²) in [6.45, 7) is 0. The van der Waals surface area contributed by atoms with Crippen molar-refractivity contribution >= 4 is 33.0 Å². The molecule has 2 saturated carbocycles. The number of rotatable bonds is 6. The van der Waals surface area contributed by atoms with Gasteiger partial charge in [0, 0.05) is 17.3 Å². The number of nitrogens with zero attached hydrogens (tertiary/aromatic N) is 1. The molecule has 1 heterocycles. The highest BCUT2D eigenvalue weighted by atomic mass is 35.5. The van der Waals surface area contributed by atoms with Crippen LogP contribution in [0.3, 0.4) is 0 Å². The second kappa shape index (κ2) is 10.2. The number of anilines is 1.